The van der Waals surface area contributed by atoms with Gasteiger partial charge in [0.1, 0.15) is 5.75 Å². The van der Waals surface area contributed by atoms with Crippen molar-refractivity contribution >= 4 is 14.4 Å². The second-order valence-electron chi connectivity index (χ2n) is 6.97. The summed E-state index contributed by atoms with van der Waals surface area (Å²) in [4.78, 5) is 0. The van der Waals surface area contributed by atoms with Crippen LogP contribution in [-0.2, 0) is 4.43 Å². The summed E-state index contributed by atoms with van der Waals surface area (Å²) >= 11 is 0. The quantitative estimate of drug-likeness (QED) is 0.534. The molecule has 1 saturated carbocycles. The lowest BCUT2D eigenvalue weighted by molar-refractivity contribution is 0.145. The summed E-state index contributed by atoms with van der Waals surface area (Å²) in [5.41, 5.74) is 1.20. The van der Waals surface area contributed by atoms with Gasteiger partial charge < -0.3 is 9.16 Å². The van der Waals surface area contributed by atoms with Crippen molar-refractivity contribution in [2.45, 2.75) is 38.6 Å². The van der Waals surface area contributed by atoms with Crippen LogP contribution in [0.1, 0.15) is 18.4 Å². The molecule has 0 aromatic heterocycles. The monoisotopic (exact) mass is 316 g/mol. The molecule has 1 aliphatic carbocycles. The van der Waals surface area contributed by atoms with Crippen LogP contribution < -0.4 is 4.74 Å². The van der Waals surface area contributed by atoms with E-state index in [9.17, 15) is 0 Å². The lowest BCUT2D eigenvalue weighted by atomic mass is 10.00. The van der Waals surface area contributed by atoms with Crippen LogP contribution in [0, 0.1) is 11.8 Å². The van der Waals surface area contributed by atoms with Crippen LogP contribution in [0.25, 0.3) is 6.08 Å². The van der Waals surface area contributed by atoms with Gasteiger partial charge in [0.15, 0.2) is 8.32 Å². The third-order valence-corrected chi connectivity index (χ3v) is 5.10. The first-order chi connectivity index (χ1) is 10.4. The van der Waals surface area contributed by atoms with Gasteiger partial charge in [-0.25, -0.2) is 0 Å². The molecular weight excluding hydrogens is 288 g/mol. The Hall–Kier alpha value is -1.32. The molecule has 0 unspecified atom stereocenters. The highest BCUT2D eigenvalue weighted by molar-refractivity contribution is 6.69. The lowest BCUT2D eigenvalue weighted by Crippen LogP contribution is -2.36. The van der Waals surface area contributed by atoms with Gasteiger partial charge in [-0.1, -0.05) is 30.4 Å². The fourth-order valence-corrected chi connectivity index (χ4v) is 4.19. The number of methoxy groups -OCH3 is 1. The Bertz CT molecular complexity index is 513. The van der Waals surface area contributed by atoms with Crippen molar-refractivity contribution < 1.29 is 9.16 Å². The van der Waals surface area contributed by atoms with Gasteiger partial charge in [-0.15, -0.1) is 6.58 Å². The van der Waals surface area contributed by atoms with Gasteiger partial charge in [-0.2, -0.15) is 0 Å². The molecule has 22 heavy (non-hydrogen) atoms. The Labute approximate surface area is 136 Å². The zero-order chi connectivity index (χ0) is 16.2. The van der Waals surface area contributed by atoms with Crippen molar-refractivity contribution in [1.29, 1.82) is 0 Å². The third kappa shape index (κ3) is 4.59. The van der Waals surface area contributed by atoms with E-state index in [0.717, 1.165) is 5.75 Å². The molecule has 0 N–H and O–H groups in total. The van der Waals surface area contributed by atoms with E-state index in [1.807, 2.05) is 12.1 Å². The summed E-state index contributed by atoms with van der Waals surface area (Å²) in [7, 11) is 0.151. The first-order valence-electron chi connectivity index (χ1n) is 8.05. The predicted octanol–water partition coefficient (Wildman–Crippen LogP) is 5.14. The molecule has 1 aliphatic rings. The van der Waals surface area contributed by atoms with E-state index < -0.39 is 8.32 Å². The van der Waals surface area contributed by atoms with Crippen LogP contribution >= 0.6 is 0 Å². The lowest BCUT2D eigenvalue weighted by Gasteiger charge is -2.29. The fourth-order valence-electron chi connectivity index (χ4n) is 3.02. The largest absolute Gasteiger partial charge is 0.497 e. The molecule has 0 radical (unpaired) electrons. The molecule has 0 amide bonds. The number of hydrogen-bond acceptors (Lipinski definition) is 2. The summed E-state index contributed by atoms with van der Waals surface area (Å²) in [5.74, 6) is 1.86. The Morgan fingerprint density at radius 2 is 1.73 bits per heavy atom. The van der Waals surface area contributed by atoms with Crippen LogP contribution in [0.5, 0.6) is 5.75 Å². The van der Waals surface area contributed by atoms with Crippen LogP contribution in [0.4, 0.5) is 0 Å². The van der Waals surface area contributed by atoms with Gasteiger partial charge in [-0.05, 0) is 50.2 Å². The van der Waals surface area contributed by atoms with Gasteiger partial charge in [-0.3, -0.25) is 0 Å². The van der Waals surface area contributed by atoms with E-state index in [1.165, 1.54) is 18.4 Å². The molecule has 2 nitrogen and oxygen atoms in total. The fraction of sp³-hybridized carbons (Fsp3) is 0.474. The van der Waals surface area contributed by atoms with E-state index in [1.54, 1.807) is 7.11 Å². The molecule has 3 atom stereocenters. The van der Waals surface area contributed by atoms with E-state index in [0.29, 0.717) is 17.9 Å². The smallest absolute Gasteiger partial charge is 0.184 e. The zero-order valence-electron chi connectivity index (χ0n) is 14.2. The highest BCUT2D eigenvalue weighted by Gasteiger charge is 2.36. The maximum Gasteiger partial charge on any atom is 0.184 e. The molecule has 1 aromatic rings. The molecule has 0 bridgehead atoms. The maximum absolute atomic E-state index is 6.44. The van der Waals surface area contributed by atoms with Crippen LogP contribution in [-0.4, -0.2) is 21.5 Å². The standard InChI is InChI=1S/C19H28O2Si/c1-6-16-11-12-17(19(16)21-22(3,4)5)10-7-15-8-13-18(20-2)14-9-15/h6-10,13-14,16-17,19H,1,11-12H2,2-5H3/b10-7+/t16-,17+,19-/m0/s1. The molecule has 1 fully saturated rings. The molecule has 1 aromatic carbocycles. The van der Waals surface area contributed by atoms with Crippen molar-refractivity contribution in [3.8, 4) is 5.75 Å². The second kappa shape index (κ2) is 7.29. The first kappa shape index (κ1) is 17.0. The average Bonchev–Trinajstić information content (AvgIpc) is 2.85. The highest BCUT2D eigenvalue weighted by Crippen LogP contribution is 2.37. The normalized spacial score (nSPS) is 25.5. The van der Waals surface area contributed by atoms with Gasteiger partial charge in [0.2, 0.25) is 0 Å². The SMILES string of the molecule is C=C[C@H]1CC[C@@H](/C=C/c2ccc(OC)cc2)[C@H]1O[Si](C)(C)C. The minimum Gasteiger partial charge on any atom is -0.497 e. The van der Waals surface area contributed by atoms with E-state index in [-0.39, 0.29) is 0 Å². The summed E-state index contributed by atoms with van der Waals surface area (Å²) in [6.07, 6.45) is 9.24. The van der Waals surface area contributed by atoms with Gasteiger partial charge in [0.25, 0.3) is 0 Å². The highest BCUT2D eigenvalue weighted by atomic mass is 28.4. The molecule has 2 rings (SSSR count). The molecular formula is C19H28O2Si. The number of ether oxygens (including phenoxy) is 1. The molecule has 3 heteroatoms. The molecule has 0 spiro atoms. The molecule has 0 heterocycles. The number of rotatable bonds is 6. The van der Waals surface area contributed by atoms with Crippen LogP contribution in [0.2, 0.25) is 19.6 Å². The predicted molar refractivity (Wildman–Crippen MR) is 96.7 cm³/mol. The number of hydrogen-bond donors (Lipinski definition) is 0. The Morgan fingerprint density at radius 1 is 1.09 bits per heavy atom. The number of benzene rings is 1. The summed E-state index contributed by atoms with van der Waals surface area (Å²) in [6.45, 7) is 10.8. The minimum atomic E-state index is -1.54. The maximum atomic E-state index is 6.44. The minimum absolute atomic E-state index is 0.290. The third-order valence-electron chi connectivity index (χ3n) is 4.12. The van der Waals surface area contributed by atoms with Crippen molar-refractivity contribution in [2.24, 2.45) is 11.8 Å². The molecule has 120 valence electrons. The van der Waals surface area contributed by atoms with E-state index >= 15 is 0 Å². The van der Waals surface area contributed by atoms with Crippen molar-refractivity contribution in [3.05, 3.63) is 48.6 Å². The van der Waals surface area contributed by atoms with Gasteiger partial charge in [0, 0.05) is 11.8 Å². The second-order valence-corrected chi connectivity index (χ2v) is 11.4. The van der Waals surface area contributed by atoms with Crippen molar-refractivity contribution in [1.82, 2.24) is 0 Å². The van der Waals surface area contributed by atoms with Crippen LogP contribution in [0.3, 0.4) is 0 Å². The van der Waals surface area contributed by atoms with Crippen LogP contribution in [0.15, 0.2) is 43.0 Å². The molecule has 0 saturated heterocycles. The summed E-state index contributed by atoms with van der Waals surface area (Å²) in [6, 6.07) is 8.17. The Balaban J connectivity index is 2.08. The summed E-state index contributed by atoms with van der Waals surface area (Å²) < 4.78 is 11.6. The Morgan fingerprint density at radius 3 is 2.27 bits per heavy atom. The van der Waals surface area contributed by atoms with Crippen molar-refractivity contribution in [2.75, 3.05) is 7.11 Å². The molecule has 0 aliphatic heterocycles. The zero-order valence-corrected chi connectivity index (χ0v) is 15.2. The van der Waals surface area contributed by atoms with Gasteiger partial charge in [0.05, 0.1) is 13.2 Å². The topological polar surface area (TPSA) is 18.5 Å². The van der Waals surface area contributed by atoms with E-state index in [2.05, 4.69) is 56.6 Å². The van der Waals surface area contributed by atoms with Crippen molar-refractivity contribution in [3.63, 3.8) is 0 Å². The Kier molecular flexibility index (Phi) is 5.65. The van der Waals surface area contributed by atoms with E-state index in [4.69, 9.17) is 9.16 Å². The first-order valence-corrected chi connectivity index (χ1v) is 11.5. The van der Waals surface area contributed by atoms with Gasteiger partial charge >= 0.3 is 0 Å². The average molecular weight is 317 g/mol. The summed E-state index contributed by atoms with van der Waals surface area (Å²) in [5, 5.41) is 0.